The highest BCUT2D eigenvalue weighted by Gasteiger charge is 2.39. The van der Waals surface area contributed by atoms with Crippen LogP contribution in [0, 0.1) is 6.92 Å². The normalized spacial score (nSPS) is 16.1. The molecular formula is C27H27F6N5O5. The fourth-order valence-corrected chi connectivity index (χ4v) is 4.08. The van der Waals surface area contributed by atoms with E-state index >= 15 is 0 Å². The van der Waals surface area contributed by atoms with Crippen molar-refractivity contribution in [1.82, 2.24) is 24.6 Å². The lowest BCUT2D eigenvalue weighted by atomic mass is 10.0. The molecule has 2 N–H and O–H groups in total. The Morgan fingerprint density at radius 1 is 0.930 bits per heavy atom. The summed E-state index contributed by atoms with van der Waals surface area (Å²) in [6.07, 6.45) is -4.53. The summed E-state index contributed by atoms with van der Waals surface area (Å²) in [5.41, 5.74) is 6.92. The fraction of sp³-hybridized carbons (Fsp3) is 0.333. The number of aliphatic carboxylic acids is 2. The van der Waals surface area contributed by atoms with Crippen LogP contribution in [0.2, 0.25) is 0 Å². The number of carboxylic acid groups (broad SMARTS) is 2. The third kappa shape index (κ3) is 9.27. The summed E-state index contributed by atoms with van der Waals surface area (Å²) in [7, 11) is 2.17. The molecule has 5 rings (SSSR count). The molecule has 1 saturated heterocycles. The maximum Gasteiger partial charge on any atom is 0.490 e. The Balaban J connectivity index is 0.000000303. The number of hydrogen-bond acceptors (Lipinski definition) is 7. The number of halogens is 6. The number of aromatic nitrogens is 3. The molecule has 1 aliphatic rings. The molecule has 43 heavy (non-hydrogen) atoms. The second-order valence-corrected chi connectivity index (χ2v) is 9.56. The molecule has 1 unspecified atom stereocenters. The molecule has 0 radical (unpaired) electrons. The van der Waals surface area contributed by atoms with E-state index < -0.39 is 24.3 Å². The van der Waals surface area contributed by atoms with Crippen LogP contribution in [0.4, 0.5) is 26.3 Å². The molecule has 0 aliphatic carbocycles. The fourth-order valence-electron chi connectivity index (χ4n) is 4.08. The molecule has 1 fully saturated rings. The van der Waals surface area contributed by atoms with E-state index in [0.717, 1.165) is 43.0 Å². The van der Waals surface area contributed by atoms with Gasteiger partial charge in [-0.25, -0.2) is 14.1 Å². The van der Waals surface area contributed by atoms with Crippen LogP contribution < -0.4 is 0 Å². The Morgan fingerprint density at radius 2 is 1.51 bits per heavy atom. The molecule has 0 saturated carbocycles. The molecule has 4 aromatic rings. The van der Waals surface area contributed by atoms with Gasteiger partial charge >= 0.3 is 24.3 Å². The molecule has 10 nitrogen and oxygen atoms in total. The van der Waals surface area contributed by atoms with E-state index in [1.807, 2.05) is 16.8 Å². The highest BCUT2D eigenvalue weighted by molar-refractivity contribution is 5.73. The zero-order chi connectivity index (χ0) is 31.9. The standard InChI is InChI=1S/C23H25N5O.2C2HF3O2/c1-17-3-5-19(6-4-17)20-7-8-21-23(24-25-28(21)14-20)22-15-27(11-10-26(22)2)13-18-9-12-29-16-18;2*3-2(4,5)1(6)7/h3-9,12,14,16,22H,10-11,13,15H2,1-2H3;2*(H,6,7). The Hall–Kier alpha value is -4.44. The minimum absolute atomic E-state index is 0.221. The lowest BCUT2D eigenvalue weighted by Gasteiger charge is -2.38. The lowest BCUT2D eigenvalue weighted by Crippen LogP contribution is -2.46. The van der Waals surface area contributed by atoms with Crippen LogP contribution in [0.5, 0.6) is 0 Å². The van der Waals surface area contributed by atoms with E-state index in [-0.39, 0.29) is 6.04 Å². The Labute approximate surface area is 240 Å². The van der Waals surface area contributed by atoms with E-state index in [2.05, 4.69) is 76.7 Å². The van der Waals surface area contributed by atoms with Gasteiger partial charge in [-0.3, -0.25) is 9.80 Å². The van der Waals surface area contributed by atoms with Gasteiger partial charge in [-0.2, -0.15) is 26.3 Å². The van der Waals surface area contributed by atoms with Crippen LogP contribution in [0.15, 0.2) is 65.6 Å². The van der Waals surface area contributed by atoms with E-state index in [1.165, 1.54) is 16.7 Å². The summed E-state index contributed by atoms with van der Waals surface area (Å²) in [6, 6.07) is 15.1. The van der Waals surface area contributed by atoms with Crippen molar-refractivity contribution in [2.75, 3.05) is 26.7 Å². The van der Waals surface area contributed by atoms with Gasteiger partial charge in [-0.05, 0) is 31.7 Å². The Bertz CT molecular complexity index is 1480. The zero-order valence-corrected chi connectivity index (χ0v) is 22.8. The van der Waals surface area contributed by atoms with Crippen molar-refractivity contribution in [3.05, 3.63) is 78.0 Å². The van der Waals surface area contributed by atoms with Gasteiger partial charge in [0.25, 0.3) is 0 Å². The Morgan fingerprint density at radius 3 is 2.05 bits per heavy atom. The third-order valence-electron chi connectivity index (χ3n) is 6.34. The third-order valence-corrected chi connectivity index (χ3v) is 6.34. The number of rotatable bonds is 4. The van der Waals surface area contributed by atoms with Gasteiger partial charge in [0, 0.05) is 43.5 Å². The number of aryl methyl sites for hydroxylation is 1. The molecule has 0 amide bonds. The molecule has 0 spiro atoms. The van der Waals surface area contributed by atoms with Crippen LogP contribution in [0.3, 0.4) is 0 Å². The molecule has 3 aromatic heterocycles. The topological polar surface area (TPSA) is 124 Å². The number of pyridine rings is 1. The number of fused-ring (bicyclic) bond motifs is 1. The summed E-state index contributed by atoms with van der Waals surface area (Å²) in [6.45, 7) is 5.97. The van der Waals surface area contributed by atoms with Crippen LogP contribution in [-0.2, 0) is 16.1 Å². The average Bonchev–Trinajstić information content (AvgIpc) is 3.59. The molecule has 232 valence electrons. The predicted molar refractivity (Wildman–Crippen MR) is 140 cm³/mol. The van der Waals surface area contributed by atoms with E-state index in [1.54, 1.807) is 6.26 Å². The Kier molecular flexibility index (Phi) is 10.5. The first-order valence-electron chi connectivity index (χ1n) is 12.5. The van der Waals surface area contributed by atoms with Crippen molar-refractivity contribution in [2.24, 2.45) is 0 Å². The van der Waals surface area contributed by atoms with Gasteiger partial charge in [0.1, 0.15) is 5.69 Å². The molecular weight excluding hydrogens is 588 g/mol. The number of alkyl halides is 6. The smallest absolute Gasteiger partial charge is 0.475 e. The van der Waals surface area contributed by atoms with Crippen LogP contribution in [0.25, 0.3) is 16.6 Å². The zero-order valence-electron chi connectivity index (χ0n) is 22.8. The van der Waals surface area contributed by atoms with E-state index in [9.17, 15) is 26.3 Å². The van der Waals surface area contributed by atoms with Gasteiger partial charge in [-0.15, -0.1) is 5.10 Å². The van der Waals surface area contributed by atoms with Gasteiger partial charge in [0.2, 0.25) is 0 Å². The predicted octanol–water partition coefficient (Wildman–Crippen LogP) is 5.05. The van der Waals surface area contributed by atoms with Gasteiger partial charge in [0.15, 0.2) is 0 Å². The first kappa shape index (κ1) is 33.1. The maximum absolute atomic E-state index is 10.6. The highest BCUT2D eigenvalue weighted by atomic mass is 19.4. The quantitative estimate of drug-likeness (QED) is 0.304. The van der Waals surface area contributed by atoms with E-state index in [4.69, 9.17) is 24.2 Å². The maximum atomic E-state index is 10.6. The van der Waals surface area contributed by atoms with Crippen molar-refractivity contribution in [2.45, 2.75) is 31.9 Å². The summed E-state index contributed by atoms with van der Waals surface area (Å²) in [5, 5.41) is 23.3. The van der Waals surface area contributed by atoms with Crippen molar-refractivity contribution in [3.63, 3.8) is 0 Å². The lowest BCUT2D eigenvalue weighted by molar-refractivity contribution is -0.193. The second kappa shape index (κ2) is 13.7. The number of nitrogens with zero attached hydrogens (tertiary/aromatic N) is 5. The van der Waals surface area contributed by atoms with Crippen molar-refractivity contribution < 1.29 is 50.6 Å². The van der Waals surface area contributed by atoms with Gasteiger partial charge in [-0.1, -0.05) is 41.1 Å². The number of furan rings is 1. The van der Waals surface area contributed by atoms with Crippen molar-refractivity contribution in [1.29, 1.82) is 0 Å². The second-order valence-electron chi connectivity index (χ2n) is 9.56. The van der Waals surface area contributed by atoms with Crippen molar-refractivity contribution >= 4 is 17.5 Å². The number of benzene rings is 1. The monoisotopic (exact) mass is 615 g/mol. The molecule has 16 heteroatoms. The molecule has 4 heterocycles. The summed E-state index contributed by atoms with van der Waals surface area (Å²) in [4.78, 5) is 22.6. The van der Waals surface area contributed by atoms with E-state index in [0.29, 0.717) is 0 Å². The first-order valence-corrected chi connectivity index (χ1v) is 12.5. The molecule has 1 atom stereocenters. The molecule has 1 aromatic carbocycles. The average molecular weight is 616 g/mol. The number of carboxylic acids is 2. The SMILES string of the molecule is Cc1ccc(-c2ccc3c(C4CN(Cc5ccoc5)CCN4C)nnn3c2)cc1.O=C(O)C(F)(F)F.O=C(O)C(F)(F)F. The first-order chi connectivity index (χ1) is 20.1. The molecule has 1 aliphatic heterocycles. The summed E-state index contributed by atoms with van der Waals surface area (Å²) >= 11 is 0. The number of carbonyl (C=O) groups is 2. The number of hydrogen-bond donors (Lipinski definition) is 2. The summed E-state index contributed by atoms with van der Waals surface area (Å²) in [5.74, 6) is -5.51. The minimum atomic E-state index is -5.08. The minimum Gasteiger partial charge on any atom is -0.475 e. The number of piperazine rings is 1. The van der Waals surface area contributed by atoms with Crippen LogP contribution in [0.1, 0.15) is 22.9 Å². The van der Waals surface area contributed by atoms with Gasteiger partial charge < -0.3 is 14.6 Å². The van der Waals surface area contributed by atoms with Crippen molar-refractivity contribution in [3.8, 4) is 11.1 Å². The van der Waals surface area contributed by atoms with Crippen LogP contribution >= 0.6 is 0 Å². The van der Waals surface area contributed by atoms with Crippen LogP contribution in [-0.4, -0.2) is 85.8 Å². The summed E-state index contributed by atoms with van der Waals surface area (Å²) < 4.78 is 70.6. The largest absolute Gasteiger partial charge is 0.490 e. The van der Waals surface area contributed by atoms with Gasteiger partial charge in [0.05, 0.1) is 24.1 Å². The number of likely N-dealkylation sites (N-methyl/N-ethyl adjacent to an activating group) is 1. The highest BCUT2D eigenvalue weighted by Crippen LogP contribution is 2.28. The molecule has 0 bridgehead atoms.